The van der Waals surface area contributed by atoms with E-state index >= 15 is 0 Å². The molecule has 0 unspecified atom stereocenters. The number of hydrogen-bond acceptors (Lipinski definition) is 6. The average molecular weight is 337 g/mol. The average Bonchev–Trinajstić information content (AvgIpc) is 3.01. The highest BCUT2D eigenvalue weighted by Crippen LogP contribution is 2.12. The fourth-order valence-electron chi connectivity index (χ4n) is 2.09. The summed E-state index contributed by atoms with van der Waals surface area (Å²) in [6.45, 7) is 0. The number of H-pyrrole nitrogens is 1. The normalized spacial score (nSPS) is 10.2. The number of anilines is 4. The van der Waals surface area contributed by atoms with Gasteiger partial charge in [-0.3, -0.25) is 20.2 Å². The molecule has 7 N–H and O–H groups in total. The topological polar surface area (TPSA) is 152 Å². The van der Waals surface area contributed by atoms with Gasteiger partial charge in [0.05, 0.1) is 0 Å². The fourth-order valence-corrected chi connectivity index (χ4v) is 2.09. The van der Waals surface area contributed by atoms with Gasteiger partial charge in [-0.05, 0) is 36.4 Å². The first kappa shape index (κ1) is 16.0. The van der Waals surface area contributed by atoms with Crippen molar-refractivity contribution >= 4 is 35.1 Å². The third kappa shape index (κ3) is 3.91. The molecule has 0 spiro atoms. The van der Waals surface area contributed by atoms with Crippen molar-refractivity contribution in [2.24, 2.45) is 0 Å². The van der Waals surface area contributed by atoms with E-state index in [2.05, 4.69) is 25.8 Å². The van der Waals surface area contributed by atoms with E-state index in [0.29, 0.717) is 22.5 Å². The summed E-state index contributed by atoms with van der Waals surface area (Å²) in [4.78, 5) is 28.2. The molecule has 2 amide bonds. The van der Waals surface area contributed by atoms with E-state index in [9.17, 15) is 9.59 Å². The Morgan fingerprint density at radius 3 is 2.00 bits per heavy atom. The second-order valence-electron chi connectivity index (χ2n) is 5.17. The standard InChI is InChI=1S/C16H15N7O2/c17-11-5-1-3-9(7-11)13(24)19-15-21-16(23-22-15)20-14(25)10-4-2-6-12(18)8-10/h1-8H,17-18H2,(H3,19,20,21,22,23,24,25). The van der Waals surface area contributed by atoms with Crippen molar-refractivity contribution in [3.05, 3.63) is 59.7 Å². The van der Waals surface area contributed by atoms with Crippen LogP contribution in [0.3, 0.4) is 0 Å². The number of benzene rings is 2. The van der Waals surface area contributed by atoms with E-state index in [1.54, 1.807) is 36.4 Å². The summed E-state index contributed by atoms with van der Waals surface area (Å²) >= 11 is 0. The van der Waals surface area contributed by atoms with Crippen molar-refractivity contribution in [1.29, 1.82) is 0 Å². The fraction of sp³-hybridized carbons (Fsp3) is 0. The number of amides is 2. The van der Waals surface area contributed by atoms with Crippen LogP contribution in [0.15, 0.2) is 48.5 Å². The van der Waals surface area contributed by atoms with Crippen LogP contribution < -0.4 is 22.1 Å². The SMILES string of the molecule is Nc1cccc(C(=O)Nc2n[nH]c(NC(=O)c3cccc(N)c3)n2)c1. The van der Waals surface area contributed by atoms with Crippen molar-refractivity contribution in [3.8, 4) is 0 Å². The number of nitrogens with one attached hydrogen (secondary N) is 3. The third-order valence-electron chi connectivity index (χ3n) is 3.24. The summed E-state index contributed by atoms with van der Waals surface area (Å²) in [7, 11) is 0. The Hall–Kier alpha value is -3.88. The lowest BCUT2D eigenvalue weighted by Crippen LogP contribution is -2.14. The number of aromatic nitrogens is 3. The second-order valence-corrected chi connectivity index (χ2v) is 5.17. The van der Waals surface area contributed by atoms with Crippen LogP contribution in [0.4, 0.5) is 23.3 Å². The van der Waals surface area contributed by atoms with Crippen LogP contribution in [0.5, 0.6) is 0 Å². The summed E-state index contributed by atoms with van der Waals surface area (Å²) in [6, 6.07) is 13.0. The lowest BCUT2D eigenvalue weighted by Gasteiger charge is -2.02. The molecular weight excluding hydrogens is 322 g/mol. The molecule has 0 aliphatic carbocycles. The molecule has 0 bridgehead atoms. The summed E-state index contributed by atoms with van der Waals surface area (Å²) < 4.78 is 0. The van der Waals surface area contributed by atoms with Gasteiger partial charge in [0.2, 0.25) is 5.95 Å². The highest BCUT2D eigenvalue weighted by Gasteiger charge is 2.12. The number of hydrogen-bond donors (Lipinski definition) is 5. The largest absolute Gasteiger partial charge is 0.399 e. The van der Waals surface area contributed by atoms with Gasteiger partial charge in [0.25, 0.3) is 17.8 Å². The van der Waals surface area contributed by atoms with Crippen molar-refractivity contribution in [1.82, 2.24) is 15.2 Å². The Balaban J connectivity index is 1.66. The second kappa shape index (κ2) is 6.71. The van der Waals surface area contributed by atoms with Crippen LogP contribution in [-0.2, 0) is 0 Å². The summed E-state index contributed by atoms with van der Waals surface area (Å²) in [5, 5.41) is 11.4. The lowest BCUT2D eigenvalue weighted by molar-refractivity contribution is 0.101. The molecule has 1 heterocycles. The Morgan fingerprint density at radius 1 is 0.880 bits per heavy atom. The van der Waals surface area contributed by atoms with Gasteiger partial charge < -0.3 is 11.5 Å². The van der Waals surface area contributed by atoms with Gasteiger partial charge in [0.15, 0.2) is 0 Å². The van der Waals surface area contributed by atoms with Crippen molar-refractivity contribution in [3.63, 3.8) is 0 Å². The number of rotatable bonds is 4. The molecule has 9 heteroatoms. The first-order chi connectivity index (χ1) is 12.0. The predicted octanol–water partition coefficient (Wildman–Crippen LogP) is 1.47. The Bertz CT molecular complexity index is 861. The monoisotopic (exact) mass is 337 g/mol. The molecule has 1 aromatic heterocycles. The Labute approximate surface area is 142 Å². The molecule has 0 fully saturated rings. The molecule has 0 atom stereocenters. The van der Waals surface area contributed by atoms with E-state index in [4.69, 9.17) is 11.5 Å². The zero-order chi connectivity index (χ0) is 17.8. The van der Waals surface area contributed by atoms with Crippen LogP contribution in [0.25, 0.3) is 0 Å². The molecule has 0 radical (unpaired) electrons. The lowest BCUT2D eigenvalue weighted by atomic mass is 10.2. The minimum absolute atomic E-state index is 0.0234. The number of nitrogens with two attached hydrogens (primary N) is 2. The maximum atomic E-state index is 12.1. The summed E-state index contributed by atoms with van der Waals surface area (Å²) in [6.07, 6.45) is 0. The molecule has 0 saturated carbocycles. The maximum Gasteiger partial charge on any atom is 0.258 e. The number of carbonyl (C=O) groups is 2. The molecule has 3 rings (SSSR count). The minimum atomic E-state index is -0.417. The molecular formula is C16H15N7O2. The van der Waals surface area contributed by atoms with Crippen molar-refractivity contribution in [2.45, 2.75) is 0 Å². The highest BCUT2D eigenvalue weighted by molar-refractivity contribution is 6.05. The van der Waals surface area contributed by atoms with Crippen LogP contribution in [0.1, 0.15) is 20.7 Å². The number of nitrogens with zero attached hydrogens (tertiary/aromatic N) is 2. The van der Waals surface area contributed by atoms with Gasteiger partial charge >= 0.3 is 0 Å². The third-order valence-corrected chi connectivity index (χ3v) is 3.24. The van der Waals surface area contributed by atoms with E-state index in [0.717, 1.165) is 0 Å². The van der Waals surface area contributed by atoms with E-state index in [-0.39, 0.29) is 11.9 Å². The van der Waals surface area contributed by atoms with Crippen molar-refractivity contribution in [2.75, 3.05) is 22.1 Å². The minimum Gasteiger partial charge on any atom is -0.399 e. The first-order valence-electron chi connectivity index (χ1n) is 7.27. The highest BCUT2D eigenvalue weighted by atomic mass is 16.2. The Morgan fingerprint density at radius 2 is 1.44 bits per heavy atom. The van der Waals surface area contributed by atoms with Gasteiger partial charge in [-0.15, -0.1) is 5.10 Å². The van der Waals surface area contributed by atoms with Gasteiger partial charge in [-0.1, -0.05) is 12.1 Å². The maximum absolute atomic E-state index is 12.1. The molecule has 2 aromatic carbocycles. The van der Waals surface area contributed by atoms with E-state index in [1.807, 2.05) is 0 Å². The number of carbonyl (C=O) groups excluding carboxylic acids is 2. The first-order valence-corrected chi connectivity index (χ1v) is 7.27. The molecule has 0 aliphatic heterocycles. The van der Waals surface area contributed by atoms with E-state index in [1.165, 1.54) is 12.1 Å². The predicted molar refractivity (Wildman–Crippen MR) is 94.0 cm³/mol. The van der Waals surface area contributed by atoms with Crippen LogP contribution in [0, 0.1) is 0 Å². The molecule has 25 heavy (non-hydrogen) atoms. The summed E-state index contributed by atoms with van der Waals surface area (Å²) in [5.41, 5.74) is 13.0. The zero-order valence-electron chi connectivity index (χ0n) is 13.0. The van der Waals surface area contributed by atoms with Crippen molar-refractivity contribution < 1.29 is 9.59 Å². The molecule has 9 nitrogen and oxygen atoms in total. The van der Waals surface area contributed by atoms with Crippen LogP contribution in [-0.4, -0.2) is 27.0 Å². The van der Waals surface area contributed by atoms with Crippen LogP contribution >= 0.6 is 0 Å². The smallest absolute Gasteiger partial charge is 0.258 e. The number of aromatic amines is 1. The van der Waals surface area contributed by atoms with Gasteiger partial charge in [-0.2, -0.15) is 4.98 Å². The van der Waals surface area contributed by atoms with Gasteiger partial charge in [-0.25, -0.2) is 5.10 Å². The zero-order valence-corrected chi connectivity index (χ0v) is 13.0. The summed E-state index contributed by atoms with van der Waals surface area (Å²) in [5.74, 6) is -0.706. The quantitative estimate of drug-likeness (QED) is 0.455. The molecule has 0 aliphatic rings. The van der Waals surface area contributed by atoms with E-state index < -0.39 is 11.8 Å². The molecule has 3 aromatic rings. The molecule has 0 saturated heterocycles. The van der Waals surface area contributed by atoms with Gasteiger partial charge in [0, 0.05) is 22.5 Å². The van der Waals surface area contributed by atoms with Crippen LogP contribution in [0.2, 0.25) is 0 Å². The Kier molecular flexibility index (Phi) is 4.29. The molecule has 126 valence electrons. The van der Waals surface area contributed by atoms with Gasteiger partial charge in [0.1, 0.15) is 0 Å². The number of nitrogen functional groups attached to an aromatic ring is 2.